The van der Waals surface area contributed by atoms with Gasteiger partial charge in [0.2, 0.25) is 6.41 Å². The summed E-state index contributed by atoms with van der Waals surface area (Å²) in [6, 6.07) is 3.93. The van der Waals surface area contributed by atoms with E-state index in [1.807, 2.05) is 6.20 Å². The van der Waals surface area contributed by atoms with Crippen LogP contribution in [0.2, 0.25) is 0 Å². The summed E-state index contributed by atoms with van der Waals surface area (Å²) in [6.07, 6.45) is 8.82. The van der Waals surface area contributed by atoms with Gasteiger partial charge in [-0.1, -0.05) is 6.07 Å². The van der Waals surface area contributed by atoms with Crippen molar-refractivity contribution in [3.8, 4) is 0 Å². The number of carbonyl (C=O) groups excluding carboxylic acids is 1. The minimum atomic E-state index is 0.461. The zero-order chi connectivity index (χ0) is 16.5. The third kappa shape index (κ3) is 2.92. The summed E-state index contributed by atoms with van der Waals surface area (Å²) in [4.78, 5) is 23.3. The van der Waals surface area contributed by atoms with Gasteiger partial charge in [-0.15, -0.1) is 0 Å². The van der Waals surface area contributed by atoms with Crippen molar-refractivity contribution in [2.45, 2.75) is 32.2 Å². The molecule has 3 aromatic heterocycles. The Kier molecular flexibility index (Phi) is 3.60. The highest BCUT2D eigenvalue weighted by atomic mass is 16.1. The van der Waals surface area contributed by atoms with E-state index in [1.165, 1.54) is 30.3 Å². The molecular formula is C17H18N6O. The number of nitrogens with zero attached hydrogens (tertiary/aromatic N) is 4. The average molecular weight is 322 g/mol. The van der Waals surface area contributed by atoms with Gasteiger partial charge in [-0.3, -0.25) is 4.79 Å². The van der Waals surface area contributed by atoms with Gasteiger partial charge in [0, 0.05) is 18.5 Å². The monoisotopic (exact) mass is 322 g/mol. The third-order valence-corrected chi connectivity index (χ3v) is 4.18. The van der Waals surface area contributed by atoms with Crippen LogP contribution < -0.4 is 10.6 Å². The van der Waals surface area contributed by atoms with Gasteiger partial charge in [0.15, 0.2) is 0 Å². The molecular weight excluding hydrogens is 304 g/mol. The first-order valence-electron chi connectivity index (χ1n) is 7.97. The van der Waals surface area contributed by atoms with E-state index in [4.69, 9.17) is 4.98 Å². The maximum Gasteiger partial charge on any atom is 0.212 e. The highest BCUT2D eigenvalue weighted by Gasteiger charge is 2.24. The summed E-state index contributed by atoms with van der Waals surface area (Å²) in [6.45, 7) is 2.66. The van der Waals surface area contributed by atoms with E-state index in [2.05, 4.69) is 44.2 Å². The predicted molar refractivity (Wildman–Crippen MR) is 90.9 cm³/mol. The Morgan fingerprint density at radius 2 is 2.08 bits per heavy atom. The lowest BCUT2D eigenvalue weighted by atomic mass is 10.1. The van der Waals surface area contributed by atoms with Crippen LogP contribution in [0.5, 0.6) is 0 Å². The molecule has 1 saturated carbocycles. The Balaban J connectivity index is 1.53. The van der Waals surface area contributed by atoms with E-state index in [-0.39, 0.29) is 0 Å². The molecule has 0 spiro atoms. The lowest BCUT2D eigenvalue weighted by Crippen LogP contribution is -2.04. The van der Waals surface area contributed by atoms with Crippen LogP contribution in [-0.2, 0) is 11.3 Å². The van der Waals surface area contributed by atoms with Gasteiger partial charge in [-0.2, -0.15) is 0 Å². The van der Waals surface area contributed by atoms with Crippen LogP contribution in [-0.4, -0.2) is 25.8 Å². The minimum absolute atomic E-state index is 0.461. The number of aromatic nitrogens is 4. The number of imidazole rings is 1. The molecule has 0 bridgehead atoms. The van der Waals surface area contributed by atoms with Gasteiger partial charge in [-0.25, -0.2) is 15.0 Å². The summed E-state index contributed by atoms with van der Waals surface area (Å²) in [5.74, 6) is 1.83. The molecule has 1 amide bonds. The van der Waals surface area contributed by atoms with E-state index < -0.39 is 0 Å². The Bertz CT molecular complexity index is 899. The molecule has 0 atom stereocenters. The Morgan fingerprint density at radius 3 is 2.88 bits per heavy atom. The second-order valence-corrected chi connectivity index (χ2v) is 6.10. The smallest absolute Gasteiger partial charge is 0.212 e. The number of hydrogen-bond donors (Lipinski definition) is 2. The van der Waals surface area contributed by atoms with E-state index in [0.29, 0.717) is 24.6 Å². The van der Waals surface area contributed by atoms with E-state index in [0.717, 1.165) is 17.3 Å². The molecule has 7 heteroatoms. The molecule has 7 nitrogen and oxygen atoms in total. The third-order valence-electron chi connectivity index (χ3n) is 4.18. The number of amides is 1. The molecule has 0 unspecified atom stereocenters. The summed E-state index contributed by atoms with van der Waals surface area (Å²) in [5.41, 5.74) is 4.53. The molecule has 2 N–H and O–H groups in total. The van der Waals surface area contributed by atoms with Crippen molar-refractivity contribution in [1.82, 2.24) is 19.4 Å². The van der Waals surface area contributed by atoms with E-state index in [1.54, 1.807) is 6.07 Å². The zero-order valence-electron chi connectivity index (χ0n) is 13.4. The maximum atomic E-state index is 10.5. The lowest BCUT2D eigenvalue weighted by Gasteiger charge is -2.04. The van der Waals surface area contributed by atoms with Crippen molar-refractivity contribution in [2.75, 3.05) is 10.6 Å². The van der Waals surface area contributed by atoms with Crippen LogP contribution in [0.15, 0.2) is 30.9 Å². The molecule has 0 radical (unpaired) electrons. The first-order chi connectivity index (χ1) is 11.7. The van der Waals surface area contributed by atoms with E-state index >= 15 is 0 Å². The molecule has 0 aromatic carbocycles. The lowest BCUT2D eigenvalue weighted by molar-refractivity contribution is -0.105. The molecule has 4 rings (SSSR count). The fourth-order valence-corrected chi connectivity index (χ4v) is 2.85. The van der Waals surface area contributed by atoms with Gasteiger partial charge in [0.1, 0.15) is 23.6 Å². The van der Waals surface area contributed by atoms with Crippen LogP contribution in [0.1, 0.15) is 35.6 Å². The van der Waals surface area contributed by atoms with Gasteiger partial charge >= 0.3 is 0 Å². The molecule has 1 aliphatic carbocycles. The highest BCUT2D eigenvalue weighted by molar-refractivity contribution is 5.69. The number of nitrogens with one attached hydrogen (secondary N) is 2. The van der Waals surface area contributed by atoms with Crippen molar-refractivity contribution >= 4 is 23.7 Å². The first kappa shape index (κ1) is 14.6. The number of aryl methyl sites for hydroxylation is 1. The fraction of sp³-hybridized carbons (Fsp3) is 0.294. The van der Waals surface area contributed by atoms with Crippen molar-refractivity contribution in [1.29, 1.82) is 0 Å². The van der Waals surface area contributed by atoms with Gasteiger partial charge < -0.3 is 15.0 Å². The zero-order valence-corrected chi connectivity index (χ0v) is 13.4. The van der Waals surface area contributed by atoms with Crippen molar-refractivity contribution in [2.24, 2.45) is 0 Å². The normalized spacial score (nSPS) is 13.9. The summed E-state index contributed by atoms with van der Waals surface area (Å²) >= 11 is 0. The van der Waals surface area contributed by atoms with Gasteiger partial charge in [0.05, 0.1) is 12.2 Å². The van der Waals surface area contributed by atoms with Gasteiger partial charge in [0.25, 0.3) is 0 Å². The fourth-order valence-electron chi connectivity index (χ4n) is 2.85. The topological polar surface area (TPSA) is 84.2 Å². The second-order valence-electron chi connectivity index (χ2n) is 6.10. The Morgan fingerprint density at radius 1 is 1.25 bits per heavy atom. The number of hydrogen-bond acceptors (Lipinski definition) is 5. The standard InChI is InChI=1S/C17H18N6O/c1-11-4-13(12-2-3-12)7-23-8-14(22-17(11)23)6-18-15-5-16(21-10-24)20-9-19-15/h4-5,7-10,12H,2-3,6H2,1H3,(H2,18,19,20,21,24). The van der Waals surface area contributed by atoms with Crippen LogP contribution >= 0.6 is 0 Å². The molecule has 1 aliphatic rings. The van der Waals surface area contributed by atoms with Crippen LogP contribution in [0.3, 0.4) is 0 Å². The first-order valence-corrected chi connectivity index (χ1v) is 7.97. The molecule has 122 valence electrons. The second kappa shape index (κ2) is 5.92. The summed E-state index contributed by atoms with van der Waals surface area (Å²) < 4.78 is 2.11. The van der Waals surface area contributed by atoms with Crippen LogP contribution in [0, 0.1) is 6.92 Å². The van der Waals surface area contributed by atoms with Crippen molar-refractivity contribution in [3.05, 3.63) is 47.7 Å². The minimum Gasteiger partial charge on any atom is -0.364 e. The molecule has 0 saturated heterocycles. The number of rotatable bonds is 6. The number of pyridine rings is 1. The SMILES string of the molecule is Cc1cc(C2CC2)cn2cc(CNc3cc(NC=O)ncn3)nc12. The van der Waals surface area contributed by atoms with Gasteiger partial charge in [-0.05, 0) is 36.8 Å². The summed E-state index contributed by atoms with van der Waals surface area (Å²) in [5, 5.41) is 5.71. The van der Waals surface area contributed by atoms with Crippen LogP contribution in [0.4, 0.5) is 11.6 Å². The molecule has 3 aromatic rings. The molecule has 3 heterocycles. The van der Waals surface area contributed by atoms with Crippen molar-refractivity contribution < 1.29 is 4.79 Å². The van der Waals surface area contributed by atoms with Crippen molar-refractivity contribution in [3.63, 3.8) is 0 Å². The number of anilines is 2. The quantitative estimate of drug-likeness (QED) is 0.681. The number of fused-ring (bicyclic) bond motifs is 1. The largest absolute Gasteiger partial charge is 0.364 e. The number of carbonyl (C=O) groups is 1. The van der Waals surface area contributed by atoms with Crippen LogP contribution in [0.25, 0.3) is 5.65 Å². The average Bonchev–Trinajstić information content (AvgIpc) is 3.34. The van der Waals surface area contributed by atoms with E-state index in [9.17, 15) is 4.79 Å². The Hall–Kier alpha value is -2.96. The molecule has 0 aliphatic heterocycles. The predicted octanol–water partition coefficient (Wildman–Crippen LogP) is 2.49. The molecule has 1 fully saturated rings. The Labute approximate surface area is 139 Å². The highest BCUT2D eigenvalue weighted by Crippen LogP contribution is 2.40. The molecule has 24 heavy (non-hydrogen) atoms. The summed E-state index contributed by atoms with van der Waals surface area (Å²) in [7, 11) is 0. The maximum absolute atomic E-state index is 10.5.